The maximum Gasteiger partial charge on any atom is 0.284 e. The van der Waals surface area contributed by atoms with Crippen molar-refractivity contribution in [2.45, 2.75) is 81.7 Å². The molecule has 1 saturated carbocycles. The number of nitrogens with zero attached hydrogens (tertiary/aromatic N) is 9. The summed E-state index contributed by atoms with van der Waals surface area (Å²) in [6.07, 6.45) is 4.01. The zero-order chi connectivity index (χ0) is 45.2. The number of anilines is 2. The molecule has 3 saturated heterocycles. The minimum absolute atomic E-state index is 0.0554. The van der Waals surface area contributed by atoms with Gasteiger partial charge in [0.2, 0.25) is 11.8 Å². The molecule has 1 aromatic carbocycles. The molecule has 20 heteroatoms. The molecular formula is C45H52F3N11O6. The molecule has 17 nitrogen and oxygen atoms in total. The van der Waals surface area contributed by atoms with Gasteiger partial charge in [0.1, 0.15) is 24.2 Å². The van der Waals surface area contributed by atoms with Gasteiger partial charge in [0.25, 0.3) is 12.3 Å². The summed E-state index contributed by atoms with van der Waals surface area (Å²) in [5.41, 5.74) is 1.97. The number of hydrogen-bond donors (Lipinski definition) is 2. The second kappa shape index (κ2) is 19.3. The van der Waals surface area contributed by atoms with E-state index in [0.29, 0.717) is 87.2 Å². The van der Waals surface area contributed by atoms with Crippen LogP contribution in [-0.2, 0) is 30.8 Å². The molecule has 4 aliphatic rings. The smallest absolute Gasteiger partial charge is 0.284 e. The van der Waals surface area contributed by atoms with E-state index in [4.69, 9.17) is 19.2 Å². The maximum atomic E-state index is 15.5. The standard InChI is InChI=1S/C45H52F3N11O6/c1-55-41-28(5-3-7-31(41)39(53-55)32-12-13-38(60)52-44(32)61)6-4-19-65-36-14-16-56(24-34(36)46)22-27-8-10-29(11-9-27)59-25-35(40(54-59)42(47)48)50-45(62)33-21-49-58-17-15-37(51-43(33)58)57-18-20-64-30(23-57)26-63-2/h3,5,7,15,17,21,25,27,29-30,32,34,36,42H,8-14,16,18-20,22-24,26H2,1-2H3,(H,50,62)(H,52,60,61)/t27?,29?,30-,32+,34+,36-/m0/s1. The number of carbonyl (C=O) groups excluding carboxylic acids is 3. The third-order valence-corrected chi connectivity index (χ3v) is 13.0. The highest BCUT2D eigenvalue weighted by Gasteiger charge is 2.34. The summed E-state index contributed by atoms with van der Waals surface area (Å²) >= 11 is 0. The summed E-state index contributed by atoms with van der Waals surface area (Å²) in [6, 6.07) is 7.29. The molecular weight excluding hydrogens is 848 g/mol. The maximum absolute atomic E-state index is 15.5. The van der Waals surface area contributed by atoms with Crippen LogP contribution in [-0.4, -0.2) is 135 Å². The van der Waals surface area contributed by atoms with Gasteiger partial charge in [0, 0.05) is 71.1 Å². The van der Waals surface area contributed by atoms with Crippen LogP contribution in [0.2, 0.25) is 0 Å². The minimum Gasteiger partial charge on any atom is -0.382 e. The minimum atomic E-state index is -2.91. The number of hydrogen-bond acceptors (Lipinski definition) is 12. The first-order chi connectivity index (χ1) is 31.5. The van der Waals surface area contributed by atoms with E-state index >= 15 is 4.39 Å². The number of likely N-dealkylation sites (tertiary alicyclic amines) is 1. The Balaban J connectivity index is 0.755. The number of aryl methyl sites for hydroxylation is 1. The van der Waals surface area contributed by atoms with E-state index < -0.39 is 36.2 Å². The lowest BCUT2D eigenvalue weighted by molar-refractivity contribution is -0.134. The Morgan fingerprint density at radius 2 is 1.92 bits per heavy atom. The molecule has 0 spiro atoms. The lowest BCUT2D eigenvalue weighted by Gasteiger charge is -2.38. The SMILES string of the molecule is COC[C@@H]1CN(c2ccn3ncc(C(=O)Nc4cn(C5CCC(CN6CC[C@H](OCC#Cc7cccc8c([C@H]9CCC(=O)NC9=O)nn(C)c78)[C@H](F)C6)CC5)nc4C(F)F)c3n2)CCO1. The zero-order valence-electron chi connectivity index (χ0n) is 36.3. The number of aromatic nitrogens is 7. The van der Waals surface area contributed by atoms with Gasteiger partial charge in [0.15, 0.2) is 11.3 Å². The summed E-state index contributed by atoms with van der Waals surface area (Å²) in [5, 5.41) is 19.0. The van der Waals surface area contributed by atoms with Crippen molar-refractivity contribution in [1.82, 2.24) is 44.4 Å². The molecule has 4 aromatic heterocycles. The number of halogens is 3. The van der Waals surface area contributed by atoms with Crippen LogP contribution < -0.4 is 15.5 Å². The summed E-state index contributed by atoms with van der Waals surface area (Å²) < 4.78 is 65.8. The molecule has 0 bridgehead atoms. The number of methoxy groups -OCH3 is 1. The van der Waals surface area contributed by atoms with Crippen LogP contribution in [0.25, 0.3) is 16.6 Å². The van der Waals surface area contributed by atoms with Crippen LogP contribution in [0, 0.1) is 17.8 Å². The Labute approximate surface area is 372 Å². The molecule has 0 unspecified atom stereocenters. The van der Waals surface area contributed by atoms with Crippen LogP contribution >= 0.6 is 0 Å². The monoisotopic (exact) mass is 899 g/mol. The van der Waals surface area contributed by atoms with Crippen molar-refractivity contribution in [2.75, 3.05) is 69.9 Å². The van der Waals surface area contributed by atoms with Crippen LogP contribution in [0.15, 0.2) is 42.9 Å². The van der Waals surface area contributed by atoms with Crippen molar-refractivity contribution in [3.63, 3.8) is 0 Å². The predicted octanol–water partition coefficient (Wildman–Crippen LogP) is 4.59. The average molecular weight is 900 g/mol. The third-order valence-electron chi connectivity index (χ3n) is 13.0. The normalized spacial score (nSPS) is 24.4. The molecule has 344 valence electrons. The number of ether oxygens (including phenoxy) is 3. The van der Waals surface area contributed by atoms with E-state index in [2.05, 4.69) is 42.7 Å². The Hall–Kier alpha value is -5.88. The summed E-state index contributed by atoms with van der Waals surface area (Å²) in [5.74, 6) is 5.36. The van der Waals surface area contributed by atoms with Crippen molar-refractivity contribution < 1.29 is 41.8 Å². The number of nitrogens with one attached hydrogen (secondary N) is 2. The largest absolute Gasteiger partial charge is 0.382 e. The topological polar surface area (TPSA) is 175 Å². The van der Waals surface area contributed by atoms with Gasteiger partial charge >= 0.3 is 0 Å². The van der Waals surface area contributed by atoms with Gasteiger partial charge in [-0.05, 0) is 56.6 Å². The summed E-state index contributed by atoms with van der Waals surface area (Å²) in [7, 11) is 3.41. The number of morpholine rings is 1. The fourth-order valence-electron chi connectivity index (χ4n) is 9.66. The van der Waals surface area contributed by atoms with Crippen LogP contribution in [0.1, 0.15) is 90.6 Å². The Bertz CT molecular complexity index is 2610. The van der Waals surface area contributed by atoms with E-state index in [-0.39, 0.29) is 54.8 Å². The molecule has 3 aliphatic heterocycles. The van der Waals surface area contributed by atoms with Gasteiger partial charge in [-0.3, -0.25) is 34.0 Å². The predicted molar refractivity (Wildman–Crippen MR) is 231 cm³/mol. The van der Waals surface area contributed by atoms with Crippen molar-refractivity contribution in [2.24, 2.45) is 13.0 Å². The molecule has 0 radical (unpaired) electrons. The number of piperidine rings is 2. The second-order valence-corrected chi connectivity index (χ2v) is 17.3. The van der Waals surface area contributed by atoms with Gasteiger partial charge in [-0.2, -0.15) is 15.3 Å². The van der Waals surface area contributed by atoms with Gasteiger partial charge in [-0.25, -0.2) is 22.7 Å². The van der Waals surface area contributed by atoms with Gasteiger partial charge in [-0.1, -0.05) is 24.0 Å². The zero-order valence-corrected chi connectivity index (χ0v) is 36.3. The van der Waals surface area contributed by atoms with E-state index in [0.717, 1.165) is 30.3 Å². The first kappa shape index (κ1) is 44.3. The number of amides is 3. The van der Waals surface area contributed by atoms with E-state index in [1.807, 2.05) is 23.1 Å². The number of fused-ring (bicyclic) bond motifs is 2. The third kappa shape index (κ3) is 9.60. The highest BCUT2D eigenvalue weighted by Crippen LogP contribution is 2.36. The Morgan fingerprint density at radius 3 is 2.71 bits per heavy atom. The van der Waals surface area contributed by atoms with E-state index in [1.165, 1.54) is 16.9 Å². The summed E-state index contributed by atoms with van der Waals surface area (Å²) in [6.45, 7) is 3.82. The Kier molecular flexibility index (Phi) is 13.2. The van der Waals surface area contributed by atoms with Crippen molar-refractivity contribution in [3.05, 3.63) is 65.4 Å². The van der Waals surface area contributed by atoms with E-state index in [9.17, 15) is 23.2 Å². The number of alkyl halides is 3. The molecule has 7 heterocycles. The Morgan fingerprint density at radius 1 is 1.08 bits per heavy atom. The molecule has 4 fully saturated rings. The fourth-order valence-corrected chi connectivity index (χ4v) is 9.66. The second-order valence-electron chi connectivity index (χ2n) is 17.3. The molecule has 5 aromatic rings. The quantitative estimate of drug-likeness (QED) is 0.132. The number of rotatable bonds is 12. The van der Waals surface area contributed by atoms with Crippen molar-refractivity contribution in [1.29, 1.82) is 0 Å². The van der Waals surface area contributed by atoms with E-state index in [1.54, 1.807) is 35.8 Å². The molecule has 2 N–H and O–H groups in total. The molecule has 4 atom stereocenters. The van der Waals surface area contributed by atoms with Gasteiger partial charge in [0.05, 0.1) is 66.0 Å². The molecule has 65 heavy (non-hydrogen) atoms. The number of imide groups is 1. The summed E-state index contributed by atoms with van der Waals surface area (Å²) in [4.78, 5) is 46.7. The van der Waals surface area contributed by atoms with Crippen LogP contribution in [0.5, 0.6) is 0 Å². The first-order valence-electron chi connectivity index (χ1n) is 22.2. The molecule has 3 amide bonds. The fraction of sp³-hybridized carbons (Fsp3) is 0.533. The average Bonchev–Trinajstić information content (AvgIpc) is 4.02. The first-order valence-corrected chi connectivity index (χ1v) is 22.2. The van der Waals surface area contributed by atoms with Gasteiger partial charge in [-0.15, -0.1) is 0 Å². The number of para-hydroxylation sites is 1. The number of carbonyl (C=O) groups is 3. The lowest BCUT2D eigenvalue weighted by Crippen LogP contribution is -2.47. The van der Waals surface area contributed by atoms with Crippen molar-refractivity contribution >= 4 is 45.8 Å². The molecule has 1 aliphatic carbocycles. The van der Waals surface area contributed by atoms with Crippen LogP contribution in [0.4, 0.5) is 24.7 Å². The lowest BCUT2D eigenvalue weighted by atomic mass is 9.85. The van der Waals surface area contributed by atoms with Crippen molar-refractivity contribution in [3.8, 4) is 11.8 Å². The number of benzene rings is 1. The molecule has 9 rings (SSSR count). The highest BCUT2D eigenvalue weighted by atomic mass is 19.3. The highest BCUT2D eigenvalue weighted by molar-refractivity contribution is 6.08. The van der Waals surface area contributed by atoms with Crippen LogP contribution in [0.3, 0.4) is 0 Å². The van der Waals surface area contributed by atoms with Gasteiger partial charge < -0.3 is 24.4 Å².